The molecule has 0 saturated heterocycles. The molecule has 2 aromatic carbocycles. The van der Waals surface area contributed by atoms with E-state index in [9.17, 15) is 4.79 Å². The number of hydrogen-bond donors (Lipinski definition) is 3. The van der Waals surface area contributed by atoms with Gasteiger partial charge in [0.15, 0.2) is 5.84 Å². The predicted octanol–water partition coefficient (Wildman–Crippen LogP) is 4.09. The molecule has 0 unspecified atom stereocenters. The van der Waals surface area contributed by atoms with Gasteiger partial charge in [-0.1, -0.05) is 29.8 Å². The number of amidine groups is 1. The molecule has 8 nitrogen and oxygen atoms in total. The second-order valence-electron chi connectivity index (χ2n) is 7.98. The summed E-state index contributed by atoms with van der Waals surface area (Å²) in [5.74, 6) is 0.481. The molecule has 0 spiro atoms. The Morgan fingerprint density at radius 2 is 2.00 bits per heavy atom. The lowest BCUT2D eigenvalue weighted by atomic mass is 9.92. The Bertz CT molecular complexity index is 1080. The molecule has 9 heteroatoms. The third-order valence-corrected chi connectivity index (χ3v) is 6.01. The van der Waals surface area contributed by atoms with Crippen LogP contribution in [0.15, 0.2) is 41.5 Å². The summed E-state index contributed by atoms with van der Waals surface area (Å²) in [6.07, 6.45) is 3.56. The fourth-order valence-electron chi connectivity index (χ4n) is 3.87. The summed E-state index contributed by atoms with van der Waals surface area (Å²) in [7, 11) is 0. The monoisotopic (exact) mass is 456 g/mol. The summed E-state index contributed by atoms with van der Waals surface area (Å²) < 4.78 is 5.98. The first-order valence-corrected chi connectivity index (χ1v) is 10.9. The van der Waals surface area contributed by atoms with Crippen molar-refractivity contribution in [3.05, 3.63) is 41.4 Å². The zero-order valence-corrected chi connectivity index (χ0v) is 18.6. The maximum absolute atomic E-state index is 12.2. The SMILES string of the molecule is CC(=O)O.C[C@@H]1C(=O)NN=C2COc3cc(-c4ccccc4Cl)c(NC4CCC4)cc3N21. The van der Waals surface area contributed by atoms with Crippen LogP contribution in [0.2, 0.25) is 5.02 Å². The smallest absolute Gasteiger partial charge is 0.300 e. The minimum absolute atomic E-state index is 0.125. The van der Waals surface area contributed by atoms with Crippen LogP contribution < -0.4 is 20.4 Å². The lowest BCUT2D eigenvalue weighted by Crippen LogP contribution is -2.55. The fourth-order valence-corrected chi connectivity index (χ4v) is 4.10. The number of halogens is 1. The van der Waals surface area contributed by atoms with Crippen LogP contribution in [0.5, 0.6) is 5.75 Å². The third kappa shape index (κ3) is 4.36. The van der Waals surface area contributed by atoms with Crippen molar-refractivity contribution >= 4 is 40.7 Å². The molecule has 1 aliphatic carbocycles. The van der Waals surface area contributed by atoms with Gasteiger partial charge in [-0.05, 0) is 44.4 Å². The van der Waals surface area contributed by atoms with Crippen molar-refractivity contribution in [3.63, 3.8) is 0 Å². The summed E-state index contributed by atoms with van der Waals surface area (Å²) in [5, 5.41) is 15.9. The molecule has 168 valence electrons. The third-order valence-electron chi connectivity index (χ3n) is 5.68. The zero-order valence-electron chi connectivity index (χ0n) is 17.9. The quantitative estimate of drug-likeness (QED) is 0.642. The molecule has 2 heterocycles. The van der Waals surface area contributed by atoms with Crippen molar-refractivity contribution < 1.29 is 19.4 Å². The van der Waals surface area contributed by atoms with E-state index in [2.05, 4.69) is 21.9 Å². The molecule has 2 aliphatic heterocycles. The van der Waals surface area contributed by atoms with Crippen molar-refractivity contribution in [2.75, 3.05) is 16.8 Å². The van der Waals surface area contributed by atoms with Gasteiger partial charge in [-0.2, -0.15) is 5.10 Å². The minimum Gasteiger partial charge on any atom is -0.483 e. The number of aliphatic carboxylic acids is 1. The maximum atomic E-state index is 12.2. The number of nitrogens with one attached hydrogen (secondary N) is 2. The number of benzene rings is 2. The number of rotatable bonds is 3. The fraction of sp³-hybridized carbons (Fsp3) is 0.348. The molecule has 3 aliphatic rings. The van der Waals surface area contributed by atoms with E-state index in [1.165, 1.54) is 6.42 Å². The average molecular weight is 457 g/mol. The number of amides is 1. The summed E-state index contributed by atoms with van der Waals surface area (Å²) in [4.78, 5) is 23.1. The summed E-state index contributed by atoms with van der Waals surface area (Å²) in [6, 6.07) is 12.0. The number of nitrogens with zero attached hydrogens (tertiary/aromatic N) is 2. The van der Waals surface area contributed by atoms with Crippen LogP contribution in [0.25, 0.3) is 11.1 Å². The number of carbonyl (C=O) groups is 2. The molecule has 3 N–H and O–H groups in total. The molecule has 1 amide bonds. The molecule has 32 heavy (non-hydrogen) atoms. The summed E-state index contributed by atoms with van der Waals surface area (Å²) in [6.45, 7) is 3.27. The van der Waals surface area contributed by atoms with Gasteiger partial charge in [0.1, 0.15) is 18.4 Å². The van der Waals surface area contributed by atoms with Crippen LogP contribution in [0.4, 0.5) is 11.4 Å². The maximum Gasteiger partial charge on any atom is 0.300 e. The number of anilines is 2. The van der Waals surface area contributed by atoms with Gasteiger partial charge in [-0.25, -0.2) is 5.43 Å². The highest BCUT2D eigenvalue weighted by molar-refractivity contribution is 6.33. The summed E-state index contributed by atoms with van der Waals surface area (Å²) >= 11 is 6.50. The second-order valence-corrected chi connectivity index (χ2v) is 8.38. The van der Waals surface area contributed by atoms with Gasteiger partial charge in [0.05, 0.1) is 5.69 Å². The van der Waals surface area contributed by atoms with Crippen molar-refractivity contribution in [1.29, 1.82) is 0 Å². The lowest BCUT2D eigenvalue weighted by Gasteiger charge is -2.39. The van der Waals surface area contributed by atoms with Gasteiger partial charge < -0.3 is 20.1 Å². The molecule has 2 aromatic rings. The topological polar surface area (TPSA) is 103 Å². The Kier molecular flexibility index (Phi) is 6.23. The highest BCUT2D eigenvalue weighted by atomic mass is 35.5. The normalized spacial score (nSPS) is 19.1. The van der Waals surface area contributed by atoms with Gasteiger partial charge in [0.2, 0.25) is 0 Å². The Morgan fingerprint density at radius 3 is 2.66 bits per heavy atom. The molecular weight excluding hydrogens is 432 g/mol. The molecule has 0 aromatic heterocycles. The largest absolute Gasteiger partial charge is 0.483 e. The highest BCUT2D eigenvalue weighted by Crippen LogP contribution is 2.44. The average Bonchev–Trinajstić information content (AvgIpc) is 2.72. The van der Waals surface area contributed by atoms with Crippen molar-refractivity contribution in [1.82, 2.24) is 5.43 Å². The molecular formula is C23H25ClN4O4. The minimum atomic E-state index is -0.833. The van der Waals surface area contributed by atoms with E-state index >= 15 is 0 Å². The van der Waals surface area contributed by atoms with E-state index in [-0.39, 0.29) is 11.9 Å². The van der Waals surface area contributed by atoms with E-state index in [4.69, 9.17) is 26.2 Å². The van der Waals surface area contributed by atoms with E-state index in [1.807, 2.05) is 42.2 Å². The van der Waals surface area contributed by atoms with Gasteiger partial charge in [-0.15, -0.1) is 0 Å². The van der Waals surface area contributed by atoms with Gasteiger partial charge >= 0.3 is 0 Å². The van der Waals surface area contributed by atoms with Crippen LogP contribution in [0, 0.1) is 0 Å². The Labute approximate surface area is 191 Å². The zero-order chi connectivity index (χ0) is 22.8. The first kappa shape index (κ1) is 22.0. The number of carboxylic acid groups (broad SMARTS) is 1. The van der Waals surface area contributed by atoms with Crippen molar-refractivity contribution in [2.24, 2.45) is 5.10 Å². The Balaban J connectivity index is 0.000000567. The van der Waals surface area contributed by atoms with Crippen LogP contribution in [-0.2, 0) is 9.59 Å². The molecule has 1 atom stereocenters. The van der Waals surface area contributed by atoms with Gasteiger partial charge in [0, 0.05) is 34.8 Å². The van der Waals surface area contributed by atoms with E-state index in [1.54, 1.807) is 0 Å². The van der Waals surface area contributed by atoms with Crippen molar-refractivity contribution in [3.8, 4) is 16.9 Å². The predicted molar refractivity (Wildman–Crippen MR) is 124 cm³/mol. The van der Waals surface area contributed by atoms with Crippen LogP contribution in [0.1, 0.15) is 33.1 Å². The molecule has 1 fully saturated rings. The first-order valence-electron chi connectivity index (χ1n) is 10.5. The molecule has 1 saturated carbocycles. The van der Waals surface area contributed by atoms with Crippen LogP contribution >= 0.6 is 11.6 Å². The molecule has 0 radical (unpaired) electrons. The number of carboxylic acids is 1. The van der Waals surface area contributed by atoms with Crippen LogP contribution in [0.3, 0.4) is 0 Å². The van der Waals surface area contributed by atoms with E-state index < -0.39 is 5.97 Å². The van der Waals surface area contributed by atoms with Crippen LogP contribution in [-0.4, -0.2) is 41.5 Å². The van der Waals surface area contributed by atoms with Gasteiger partial charge in [0.25, 0.3) is 11.9 Å². The number of hydrazone groups is 1. The first-order chi connectivity index (χ1) is 15.3. The molecule has 5 rings (SSSR count). The number of fused-ring (bicyclic) bond motifs is 3. The van der Waals surface area contributed by atoms with Crippen molar-refractivity contribution in [2.45, 2.75) is 45.2 Å². The summed E-state index contributed by atoms with van der Waals surface area (Å²) in [5.41, 5.74) is 6.38. The van der Waals surface area contributed by atoms with Gasteiger partial charge in [-0.3, -0.25) is 9.59 Å². The Morgan fingerprint density at radius 1 is 1.28 bits per heavy atom. The Hall–Kier alpha value is -3.26. The van der Waals surface area contributed by atoms with E-state index in [0.29, 0.717) is 23.5 Å². The number of hydrogen-bond acceptors (Lipinski definition) is 6. The second kappa shape index (κ2) is 9.08. The molecule has 0 bridgehead atoms. The lowest BCUT2D eigenvalue weighted by molar-refractivity contribution is -0.134. The highest BCUT2D eigenvalue weighted by Gasteiger charge is 2.36. The standard InChI is InChI=1S/C21H21ClN4O2.C2H4O2/c1-12-21(27)25-24-20-11-28-19-9-15(14-7-2-3-8-16(14)22)17(10-18(19)26(12)20)23-13-5-4-6-13;1-2(3)4/h2-3,7-10,12-13,23H,4-6,11H2,1H3,(H,25,27);1H3,(H,3,4)/t12-;/m1./s1. The number of carbonyl (C=O) groups excluding carboxylic acids is 1. The number of ether oxygens (including phenoxy) is 1. The van der Waals surface area contributed by atoms with E-state index in [0.717, 1.165) is 48.0 Å².